The Kier molecular flexibility index (Phi) is 5.66. The summed E-state index contributed by atoms with van der Waals surface area (Å²) in [6.07, 6.45) is 2.47. The number of amides is 1. The molecule has 0 saturated heterocycles. The zero-order valence-corrected chi connectivity index (χ0v) is 10.3. The molecule has 0 heterocycles. The first-order valence-corrected chi connectivity index (χ1v) is 5.97. The number of carbonyl (C=O) groups is 1. The van der Waals surface area contributed by atoms with Crippen LogP contribution < -0.4 is 16.8 Å². The van der Waals surface area contributed by atoms with Gasteiger partial charge in [0.2, 0.25) is 5.91 Å². The highest BCUT2D eigenvalue weighted by Gasteiger charge is 2.13. The van der Waals surface area contributed by atoms with E-state index < -0.39 is 6.04 Å². The van der Waals surface area contributed by atoms with Crippen molar-refractivity contribution in [2.24, 2.45) is 11.5 Å². The van der Waals surface area contributed by atoms with Crippen LogP contribution in [0.2, 0.25) is 0 Å². The van der Waals surface area contributed by atoms with Crippen LogP contribution in [0.1, 0.15) is 24.8 Å². The fourth-order valence-corrected chi connectivity index (χ4v) is 1.58. The number of hydrogen-bond acceptors (Lipinski definition) is 3. The molecule has 4 nitrogen and oxygen atoms in total. The molecule has 1 amide bonds. The predicted octanol–water partition coefficient (Wildman–Crippen LogP) is 1.39. The van der Waals surface area contributed by atoms with Gasteiger partial charge in [-0.05, 0) is 37.9 Å². The number of rotatable bonds is 6. The summed E-state index contributed by atoms with van der Waals surface area (Å²) in [5, 5.41) is 2.84. The molecule has 0 aliphatic heterocycles. The van der Waals surface area contributed by atoms with Gasteiger partial charge in [-0.1, -0.05) is 24.6 Å². The maximum atomic E-state index is 11.8. The van der Waals surface area contributed by atoms with Crippen molar-refractivity contribution in [3.63, 3.8) is 0 Å². The zero-order valence-electron chi connectivity index (χ0n) is 10.3. The average molecular weight is 235 g/mol. The van der Waals surface area contributed by atoms with E-state index in [9.17, 15) is 4.79 Å². The largest absolute Gasteiger partial charge is 0.330 e. The molecule has 1 aromatic rings. The molecule has 1 atom stereocenters. The highest BCUT2D eigenvalue weighted by atomic mass is 16.2. The molecule has 4 heteroatoms. The van der Waals surface area contributed by atoms with Crippen LogP contribution in [0.4, 0.5) is 5.69 Å². The van der Waals surface area contributed by atoms with Crippen molar-refractivity contribution in [2.45, 2.75) is 32.2 Å². The number of benzene rings is 1. The molecule has 1 aromatic carbocycles. The summed E-state index contributed by atoms with van der Waals surface area (Å²) in [7, 11) is 0. The third kappa shape index (κ3) is 4.54. The highest BCUT2D eigenvalue weighted by Crippen LogP contribution is 2.13. The molecule has 0 aromatic heterocycles. The van der Waals surface area contributed by atoms with E-state index in [2.05, 4.69) is 5.32 Å². The lowest BCUT2D eigenvalue weighted by Crippen LogP contribution is -2.35. The van der Waals surface area contributed by atoms with Crippen molar-refractivity contribution < 1.29 is 4.79 Å². The first-order valence-electron chi connectivity index (χ1n) is 5.97. The lowest BCUT2D eigenvalue weighted by Gasteiger charge is -2.13. The summed E-state index contributed by atoms with van der Waals surface area (Å²) in [6, 6.07) is 7.20. The van der Waals surface area contributed by atoms with Crippen LogP contribution >= 0.6 is 0 Å². The van der Waals surface area contributed by atoms with Gasteiger partial charge in [-0.25, -0.2) is 0 Å². The Labute approximate surface area is 102 Å². The number of nitrogens with two attached hydrogens (primary N) is 2. The second kappa shape index (κ2) is 7.04. The number of carbonyl (C=O) groups excluding carboxylic acids is 1. The van der Waals surface area contributed by atoms with Crippen LogP contribution in [0.3, 0.4) is 0 Å². The second-order valence-corrected chi connectivity index (χ2v) is 4.20. The summed E-state index contributed by atoms with van der Waals surface area (Å²) >= 11 is 0. The van der Waals surface area contributed by atoms with Gasteiger partial charge in [0.05, 0.1) is 6.04 Å². The molecule has 0 aliphatic rings. The first kappa shape index (κ1) is 13.7. The molecule has 0 fully saturated rings. The standard InChI is InChI=1S/C13H21N3O/c1-10-6-2-3-8-12(10)16-13(17)11(15)7-4-5-9-14/h2-3,6,8,11H,4-5,7,9,14-15H2,1H3,(H,16,17)/t11-/m0/s1. The highest BCUT2D eigenvalue weighted by molar-refractivity contribution is 5.95. The molecule has 17 heavy (non-hydrogen) atoms. The van der Waals surface area contributed by atoms with E-state index in [4.69, 9.17) is 11.5 Å². The van der Waals surface area contributed by atoms with E-state index in [1.54, 1.807) is 0 Å². The van der Waals surface area contributed by atoms with E-state index in [0.717, 1.165) is 24.1 Å². The molecule has 1 rings (SSSR count). The SMILES string of the molecule is Cc1ccccc1NC(=O)[C@@H](N)CCCCN. The van der Waals surface area contributed by atoms with Gasteiger partial charge in [0.15, 0.2) is 0 Å². The lowest BCUT2D eigenvalue weighted by atomic mass is 10.1. The van der Waals surface area contributed by atoms with Crippen molar-refractivity contribution in [3.05, 3.63) is 29.8 Å². The van der Waals surface area contributed by atoms with Crippen molar-refractivity contribution in [1.82, 2.24) is 0 Å². The minimum Gasteiger partial charge on any atom is -0.330 e. The van der Waals surface area contributed by atoms with Gasteiger partial charge in [0.25, 0.3) is 0 Å². The maximum absolute atomic E-state index is 11.8. The minimum absolute atomic E-state index is 0.128. The van der Waals surface area contributed by atoms with E-state index in [-0.39, 0.29) is 5.91 Å². The van der Waals surface area contributed by atoms with Gasteiger partial charge >= 0.3 is 0 Å². The van der Waals surface area contributed by atoms with Gasteiger partial charge in [0.1, 0.15) is 0 Å². The van der Waals surface area contributed by atoms with Crippen LogP contribution in [0.15, 0.2) is 24.3 Å². The monoisotopic (exact) mass is 235 g/mol. The minimum atomic E-state index is -0.457. The molecule has 0 spiro atoms. The van der Waals surface area contributed by atoms with Crippen molar-refractivity contribution in [2.75, 3.05) is 11.9 Å². The van der Waals surface area contributed by atoms with Crippen LogP contribution in [-0.2, 0) is 4.79 Å². The van der Waals surface area contributed by atoms with Crippen LogP contribution in [0.25, 0.3) is 0 Å². The number of anilines is 1. The van der Waals surface area contributed by atoms with Crippen LogP contribution in [0, 0.1) is 6.92 Å². The van der Waals surface area contributed by atoms with Gasteiger partial charge in [-0.3, -0.25) is 4.79 Å². The van der Waals surface area contributed by atoms with Gasteiger partial charge < -0.3 is 16.8 Å². The maximum Gasteiger partial charge on any atom is 0.241 e. The van der Waals surface area contributed by atoms with Gasteiger partial charge in [-0.2, -0.15) is 0 Å². The Hall–Kier alpha value is -1.39. The third-order valence-electron chi connectivity index (χ3n) is 2.71. The summed E-state index contributed by atoms with van der Waals surface area (Å²) in [4.78, 5) is 11.8. The second-order valence-electron chi connectivity index (χ2n) is 4.20. The predicted molar refractivity (Wildman–Crippen MR) is 70.7 cm³/mol. The summed E-state index contributed by atoms with van der Waals surface area (Å²) in [5.41, 5.74) is 13.1. The Morgan fingerprint density at radius 3 is 2.71 bits per heavy atom. The number of hydrogen-bond donors (Lipinski definition) is 3. The average Bonchev–Trinajstić information content (AvgIpc) is 2.32. The first-order chi connectivity index (χ1) is 8.15. The van der Waals surface area contributed by atoms with Crippen LogP contribution in [0.5, 0.6) is 0 Å². The molecular formula is C13H21N3O. The molecule has 0 unspecified atom stereocenters. The van der Waals surface area contributed by atoms with E-state index >= 15 is 0 Å². The summed E-state index contributed by atoms with van der Waals surface area (Å²) < 4.78 is 0. The number of para-hydroxylation sites is 1. The smallest absolute Gasteiger partial charge is 0.241 e. The van der Waals surface area contributed by atoms with Crippen LogP contribution in [-0.4, -0.2) is 18.5 Å². The normalized spacial score (nSPS) is 12.2. The van der Waals surface area contributed by atoms with Gasteiger partial charge in [-0.15, -0.1) is 0 Å². The molecule has 0 saturated carbocycles. The Balaban J connectivity index is 2.46. The molecule has 0 bridgehead atoms. The molecule has 5 N–H and O–H groups in total. The Morgan fingerprint density at radius 1 is 1.35 bits per heavy atom. The Bertz CT molecular complexity index is 365. The van der Waals surface area contributed by atoms with E-state index in [0.29, 0.717) is 13.0 Å². The molecular weight excluding hydrogens is 214 g/mol. The molecule has 94 valence electrons. The fraction of sp³-hybridized carbons (Fsp3) is 0.462. The van der Waals surface area contributed by atoms with Crippen molar-refractivity contribution >= 4 is 11.6 Å². The van der Waals surface area contributed by atoms with Crippen molar-refractivity contribution in [1.29, 1.82) is 0 Å². The summed E-state index contributed by atoms with van der Waals surface area (Å²) in [5.74, 6) is -0.128. The number of unbranched alkanes of at least 4 members (excludes halogenated alkanes) is 1. The number of aryl methyl sites for hydroxylation is 1. The van der Waals surface area contributed by atoms with Crippen molar-refractivity contribution in [3.8, 4) is 0 Å². The topological polar surface area (TPSA) is 81.1 Å². The van der Waals surface area contributed by atoms with E-state index in [1.807, 2.05) is 31.2 Å². The quantitative estimate of drug-likeness (QED) is 0.652. The Morgan fingerprint density at radius 2 is 2.06 bits per heavy atom. The lowest BCUT2D eigenvalue weighted by molar-refractivity contribution is -0.117. The van der Waals surface area contributed by atoms with Gasteiger partial charge in [0, 0.05) is 5.69 Å². The molecule has 0 aliphatic carbocycles. The fourth-order valence-electron chi connectivity index (χ4n) is 1.58. The summed E-state index contributed by atoms with van der Waals surface area (Å²) in [6.45, 7) is 2.60. The van der Waals surface area contributed by atoms with E-state index in [1.165, 1.54) is 0 Å². The zero-order chi connectivity index (χ0) is 12.7. The third-order valence-corrected chi connectivity index (χ3v) is 2.71. The molecule has 0 radical (unpaired) electrons. The number of nitrogens with one attached hydrogen (secondary N) is 1.